The highest BCUT2D eigenvalue weighted by Crippen LogP contribution is 2.58. The Morgan fingerprint density at radius 3 is 2.70 bits per heavy atom. The van der Waals surface area contributed by atoms with E-state index < -0.39 is 0 Å². The van der Waals surface area contributed by atoms with Crippen LogP contribution in [-0.2, 0) is 11.3 Å². The third-order valence-corrected chi connectivity index (χ3v) is 8.82. The number of allylic oxidation sites excluding steroid dienone is 3. The van der Waals surface area contributed by atoms with Gasteiger partial charge in [-0.25, -0.2) is 0 Å². The molecule has 3 saturated carbocycles. The maximum Gasteiger partial charge on any atom is 0.119 e. The summed E-state index contributed by atoms with van der Waals surface area (Å²) >= 11 is 0. The fourth-order valence-electron chi connectivity index (χ4n) is 6.40. The van der Waals surface area contributed by atoms with Gasteiger partial charge in [0.05, 0.1) is 30.8 Å². The number of aryl methyl sites for hydroxylation is 2. The number of benzene rings is 2. The lowest BCUT2D eigenvalue weighted by Crippen LogP contribution is -2.12. The lowest BCUT2D eigenvalue weighted by Gasteiger charge is -2.18. The first-order valence-corrected chi connectivity index (χ1v) is 13.9. The third kappa shape index (κ3) is 5.05. The maximum absolute atomic E-state index is 9.26. The lowest BCUT2D eigenvalue weighted by atomic mass is 9.94. The Labute approximate surface area is 221 Å². The summed E-state index contributed by atoms with van der Waals surface area (Å²) in [6, 6.07) is 15.5. The van der Waals surface area contributed by atoms with Gasteiger partial charge in [-0.3, -0.25) is 0 Å². The molecule has 0 N–H and O–H groups in total. The van der Waals surface area contributed by atoms with E-state index in [2.05, 4.69) is 75.0 Å². The summed E-state index contributed by atoms with van der Waals surface area (Å²) in [7, 11) is 0. The van der Waals surface area contributed by atoms with Crippen molar-refractivity contribution in [1.82, 2.24) is 0 Å². The van der Waals surface area contributed by atoms with Crippen molar-refractivity contribution in [3.8, 4) is 22.9 Å². The summed E-state index contributed by atoms with van der Waals surface area (Å²) in [5.74, 6) is 2.62. The Morgan fingerprint density at radius 2 is 1.95 bits per heavy atom. The molecular formula is C34H37NO2. The van der Waals surface area contributed by atoms with Crippen LogP contribution in [0.15, 0.2) is 71.8 Å². The smallest absolute Gasteiger partial charge is 0.119 e. The van der Waals surface area contributed by atoms with Crippen molar-refractivity contribution in [2.24, 2.45) is 17.3 Å². The molecule has 0 amide bonds. The summed E-state index contributed by atoms with van der Waals surface area (Å²) in [5, 5.41) is 9.26. The number of rotatable bonds is 9. The molecule has 0 aromatic heterocycles. The van der Waals surface area contributed by atoms with E-state index in [4.69, 9.17) is 9.47 Å². The fraction of sp³-hybridized carbons (Fsp3) is 0.441. The number of ether oxygens (including phenoxy) is 2. The second-order valence-corrected chi connectivity index (χ2v) is 11.7. The van der Waals surface area contributed by atoms with Gasteiger partial charge < -0.3 is 9.47 Å². The van der Waals surface area contributed by atoms with E-state index >= 15 is 0 Å². The highest BCUT2D eigenvalue weighted by molar-refractivity contribution is 5.72. The zero-order valence-electron chi connectivity index (χ0n) is 22.2. The molecule has 3 heteroatoms. The summed E-state index contributed by atoms with van der Waals surface area (Å²) in [6.45, 7) is 9.89. The van der Waals surface area contributed by atoms with Crippen LogP contribution in [0, 0.1) is 42.4 Å². The Hall–Kier alpha value is -3.09. The second-order valence-electron chi connectivity index (χ2n) is 11.7. The Kier molecular flexibility index (Phi) is 6.33. The highest BCUT2D eigenvalue weighted by Gasteiger charge is 2.47. The van der Waals surface area contributed by atoms with E-state index in [-0.39, 0.29) is 11.5 Å². The number of nitriles is 1. The van der Waals surface area contributed by atoms with E-state index in [1.54, 1.807) is 5.57 Å². The predicted octanol–water partition coefficient (Wildman–Crippen LogP) is 8.17. The Balaban J connectivity index is 1.10. The quantitative estimate of drug-likeness (QED) is 0.262. The van der Waals surface area contributed by atoms with Crippen molar-refractivity contribution >= 4 is 0 Å². The molecule has 4 aliphatic carbocycles. The van der Waals surface area contributed by atoms with Crippen molar-refractivity contribution in [2.45, 2.75) is 71.5 Å². The van der Waals surface area contributed by atoms with E-state index in [1.807, 2.05) is 0 Å². The summed E-state index contributed by atoms with van der Waals surface area (Å²) < 4.78 is 12.5. The van der Waals surface area contributed by atoms with Gasteiger partial charge in [-0.05, 0) is 139 Å². The standard InChI is InChI=1S/C34H37NO2/c1-22-8-9-30-28(17-27-18-31(27)30)19-32(22)37-20-25-6-4-7-26(16-25)33-23(2)14-29(15-24(33)3)36-13-5-10-34(21-35)11-12-34/h4,6-7,9,14-16,19,27,31-32H,1,5,8,10-13,17-18,20H2,2-3H3/t27-,31?,32?/m0/s1. The van der Waals surface area contributed by atoms with Crippen LogP contribution in [0.1, 0.15) is 61.6 Å². The van der Waals surface area contributed by atoms with Gasteiger partial charge in [-0.15, -0.1) is 0 Å². The molecule has 2 aromatic rings. The number of fused-ring (bicyclic) bond motifs is 3. The minimum Gasteiger partial charge on any atom is -0.494 e. The summed E-state index contributed by atoms with van der Waals surface area (Å²) in [4.78, 5) is 0. The van der Waals surface area contributed by atoms with Crippen molar-refractivity contribution < 1.29 is 9.47 Å². The average molecular weight is 492 g/mol. The van der Waals surface area contributed by atoms with Crippen LogP contribution in [0.4, 0.5) is 0 Å². The highest BCUT2D eigenvalue weighted by atomic mass is 16.5. The van der Waals surface area contributed by atoms with Gasteiger partial charge in [0.15, 0.2) is 0 Å². The largest absolute Gasteiger partial charge is 0.494 e. The molecule has 0 spiro atoms. The number of nitrogens with zero attached hydrogens (tertiary/aromatic N) is 1. The molecule has 190 valence electrons. The van der Waals surface area contributed by atoms with Gasteiger partial charge in [-0.1, -0.05) is 30.9 Å². The molecule has 0 radical (unpaired) electrons. The van der Waals surface area contributed by atoms with Crippen molar-refractivity contribution in [3.05, 3.63) is 88.5 Å². The van der Waals surface area contributed by atoms with Gasteiger partial charge in [0.1, 0.15) is 5.75 Å². The van der Waals surface area contributed by atoms with Crippen LogP contribution in [0.2, 0.25) is 0 Å². The predicted molar refractivity (Wildman–Crippen MR) is 148 cm³/mol. The van der Waals surface area contributed by atoms with Crippen LogP contribution in [0.25, 0.3) is 11.1 Å². The van der Waals surface area contributed by atoms with Crippen LogP contribution in [-0.4, -0.2) is 12.7 Å². The van der Waals surface area contributed by atoms with E-state index in [0.717, 1.165) is 55.3 Å². The van der Waals surface area contributed by atoms with Gasteiger partial charge in [0.2, 0.25) is 0 Å². The molecule has 3 fully saturated rings. The first-order valence-electron chi connectivity index (χ1n) is 13.9. The van der Waals surface area contributed by atoms with Gasteiger partial charge in [0.25, 0.3) is 0 Å². The van der Waals surface area contributed by atoms with E-state index in [9.17, 15) is 5.26 Å². The molecule has 0 heterocycles. The topological polar surface area (TPSA) is 42.2 Å². The Bertz CT molecular complexity index is 1310. The molecule has 37 heavy (non-hydrogen) atoms. The number of hydrogen-bond donors (Lipinski definition) is 0. The fourth-order valence-corrected chi connectivity index (χ4v) is 6.40. The van der Waals surface area contributed by atoms with E-state index in [1.165, 1.54) is 46.2 Å². The molecule has 2 aromatic carbocycles. The molecule has 6 rings (SSSR count). The lowest BCUT2D eigenvalue weighted by molar-refractivity contribution is 0.0933. The molecule has 2 unspecified atom stereocenters. The molecule has 3 nitrogen and oxygen atoms in total. The zero-order valence-corrected chi connectivity index (χ0v) is 22.2. The monoisotopic (exact) mass is 491 g/mol. The number of hydrogen-bond acceptors (Lipinski definition) is 3. The summed E-state index contributed by atoms with van der Waals surface area (Å²) in [6.07, 6.45) is 12.2. The average Bonchev–Trinajstić information content (AvgIpc) is 3.81. The van der Waals surface area contributed by atoms with E-state index in [0.29, 0.717) is 13.2 Å². The third-order valence-electron chi connectivity index (χ3n) is 8.82. The molecule has 3 atom stereocenters. The van der Waals surface area contributed by atoms with Crippen LogP contribution < -0.4 is 4.74 Å². The molecule has 4 aliphatic rings. The SMILES string of the molecule is C=C1CC=C2C(=CC1OCc1cccc(-c3c(C)cc(OCCCC4(C#N)CC4)cc3C)c1)C[C@H]1CC21. The second kappa shape index (κ2) is 9.66. The molecule has 0 saturated heterocycles. The van der Waals surface area contributed by atoms with Gasteiger partial charge in [0, 0.05) is 0 Å². The van der Waals surface area contributed by atoms with Crippen molar-refractivity contribution in [2.75, 3.05) is 6.61 Å². The minimum atomic E-state index is -0.0509. The van der Waals surface area contributed by atoms with Crippen molar-refractivity contribution in [3.63, 3.8) is 0 Å². The normalized spacial score (nSPS) is 24.8. The molecule has 0 aliphatic heterocycles. The molecule has 0 bridgehead atoms. The Morgan fingerprint density at radius 1 is 1.14 bits per heavy atom. The molecular weight excluding hydrogens is 454 g/mol. The first-order chi connectivity index (χ1) is 17.9. The maximum atomic E-state index is 9.26. The zero-order chi connectivity index (χ0) is 25.6. The summed E-state index contributed by atoms with van der Waals surface area (Å²) in [5.41, 5.74) is 10.3. The van der Waals surface area contributed by atoms with Crippen LogP contribution in [0.5, 0.6) is 5.75 Å². The van der Waals surface area contributed by atoms with Crippen LogP contribution >= 0.6 is 0 Å². The van der Waals surface area contributed by atoms with Crippen LogP contribution in [0.3, 0.4) is 0 Å². The van der Waals surface area contributed by atoms with Gasteiger partial charge >= 0.3 is 0 Å². The first kappa shape index (κ1) is 24.3. The minimum absolute atomic E-state index is 0.00670. The van der Waals surface area contributed by atoms with Crippen molar-refractivity contribution in [1.29, 1.82) is 5.26 Å². The van der Waals surface area contributed by atoms with Gasteiger partial charge in [-0.2, -0.15) is 5.26 Å².